The van der Waals surface area contributed by atoms with Crippen LogP contribution in [0.25, 0.3) is 21.9 Å². The molecule has 1 aliphatic rings. The fourth-order valence-corrected chi connectivity index (χ4v) is 5.15. The molecule has 0 bridgehead atoms. The molecule has 3 aromatic carbocycles. The van der Waals surface area contributed by atoms with Gasteiger partial charge in [-0.3, -0.25) is 0 Å². The van der Waals surface area contributed by atoms with Crippen molar-refractivity contribution in [1.82, 2.24) is 0 Å². The number of hydrogen-bond donors (Lipinski definition) is 0. The predicted octanol–water partition coefficient (Wildman–Crippen LogP) is 8.61. The molecular formula is C29H36. The first-order valence-electron chi connectivity index (χ1n) is 11.9. The summed E-state index contributed by atoms with van der Waals surface area (Å²) in [4.78, 5) is 0. The van der Waals surface area contributed by atoms with Crippen molar-refractivity contribution in [3.8, 4) is 11.1 Å². The fourth-order valence-electron chi connectivity index (χ4n) is 5.15. The Morgan fingerprint density at radius 3 is 1.90 bits per heavy atom. The zero-order valence-corrected chi connectivity index (χ0v) is 18.3. The molecule has 1 saturated carbocycles. The molecule has 0 amide bonds. The third-order valence-electron chi connectivity index (χ3n) is 7.10. The van der Waals surface area contributed by atoms with Gasteiger partial charge >= 0.3 is 0 Å². The zero-order valence-electron chi connectivity index (χ0n) is 18.3. The first-order chi connectivity index (χ1) is 14.2. The third-order valence-corrected chi connectivity index (χ3v) is 7.10. The standard InChI is InChI=1S/C29H36/c1-3-5-23-6-8-24(9-7-23)10-11-25-13-15-26(16-14-25)28-19-18-27-20-22(4-2)12-17-29(27)21-28/h12-21,23-24H,3-11H2,1-2H3. The largest absolute Gasteiger partial charge is 0.0654 e. The Labute approximate surface area is 177 Å². The summed E-state index contributed by atoms with van der Waals surface area (Å²) in [5, 5.41) is 2.68. The minimum atomic E-state index is 0.955. The second kappa shape index (κ2) is 9.61. The Hall–Kier alpha value is -2.08. The van der Waals surface area contributed by atoms with Crippen molar-refractivity contribution in [2.45, 2.75) is 71.6 Å². The van der Waals surface area contributed by atoms with E-state index in [-0.39, 0.29) is 0 Å². The average molecular weight is 385 g/mol. The highest BCUT2D eigenvalue weighted by Crippen LogP contribution is 2.34. The summed E-state index contributed by atoms with van der Waals surface area (Å²) < 4.78 is 0. The van der Waals surface area contributed by atoms with Crippen molar-refractivity contribution in [3.63, 3.8) is 0 Å². The van der Waals surface area contributed by atoms with E-state index in [2.05, 4.69) is 74.5 Å². The molecule has 3 aromatic rings. The Morgan fingerprint density at radius 1 is 0.621 bits per heavy atom. The Bertz CT molecular complexity index is 910. The van der Waals surface area contributed by atoms with Crippen LogP contribution in [0.1, 0.15) is 69.9 Å². The van der Waals surface area contributed by atoms with Gasteiger partial charge in [-0.2, -0.15) is 0 Å². The summed E-state index contributed by atoms with van der Waals surface area (Å²) in [6.07, 6.45) is 12.4. The quantitative estimate of drug-likeness (QED) is 0.382. The first-order valence-corrected chi connectivity index (χ1v) is 11.9. The molecule has 0 nitrogen and oxygen atoms in total. The van der Waals surface area contributed by atoms with Crippen molar-refractivity contribution in [2.75, 3.05) is 0 Å². The Balaban J connectivity index is 1.36. The third kappa shape index (κ3) is 5.10. The summed E-state index contributed by atoms with van der Waals surface area (Å²) >= 11 is 0. The van der Waals surface area contributed by atoms with Crippen LogP contribution >= 0.6 is 0 Å². The van der Waals surface area contributed by atoms with E-state index < -0.39 is 0 Å². The van der Waals surface area contributed by atoms with Gasteiger partial charge in [0.2, 0.25) is 0 Å². The van der Waals surface area contributed by atoms with E-state index >= 15 is 0 Å². The van der Waals surface area contributed by atoms with Crippen LogP contribution in [-0.4, -0.2) is 0 Å². The number of aryl methyl sites for hydroxylation is 2. The lowest BCUT2D eigenvalue weighted by atomic mass is 9.78. The molecule has 1 aliphatic carbocycles. The highest BCUT2D eigenvalue weighted by molar-refractivity contribution is 5.87. The fraction of sp³-hybridized carbons (Fsp3) is 0.448. The lowest BCUT2D eigenvalue weighted by Crippen LogP contribution is -2.15. The van der Waals surface area contributed by atoms with Gasteiger partial charge in [-0.05, 0) is 70.2 Å². The highest BCUT2D eigenvalue weighted by Gasteiger charge is 2.20. The first kappa shape index (κ1) is 20.2. The maximum atomic E-state index is 2.35. The Morgan fingerprint density at radius 2 is 1.21 bits per heavy atom. The topological polar surface area (TPSA) is 0 Å². The van der Waals surface area contributed by atoms with Crippen molar-refractivity contribution in [2.24, 2.45) is 11.8 Å². The van der Waals surface area contributed by atoms with Crippen LogP contribution in [0.3, 0.4) is 0 Å². The van der Waals surface area contributed by atoms with Crippen molar-refractivity contribution < 1.29 is 0 Å². The number of rotatable bonds is 7. The average Bonchev–Trinajstić information content (AvgIpc) is 2.78. The monoisotopic (exact) mass is 384 g/mol. The van der Waals surface area contributed by atoms with E-state index in [1.165, 1.54) is 84.4 Å². The van der Waals surface area contributed by atoms with E-state index in [1.807, 2.05) is 0 Å². The molecule has 4 rings (SSSR count). The second-order valence-electron chi connectivity index (χ2n) is 9.16. The summed E-state index contributed by atoms with van der Waals surface area (Å²) in [7, 11) is 0. The Kier molecular flexibility index (Phi) is 6.70. The SMILES string of the molecule is CCCC1CCC(CCc2ccc(-c3ccc4cc(CC)ccc4c3)cc2)CC1. The van der Waals surface area contributed by atoms with Crippen LogP contribution in [0.15, 0.2) is 60.7 Å². The maximum absolute atomic E-state index is 2.35. The van der Waals surface area contributed by atoms with Gasteiger partial charge in [0, 0.05) is 0 Å². The van der Waals surface area contributed by atoms with Gasteiger partial charge in [0.1, 0.15) is 0 Å². The van der Waals surface area contributed by atoms with Crippen LogP contribution in [-0.2, 0) is 12.8 Å². The lowest BCUT2D eigenvalue weighted by Gasteiger charge is -2.28. The molecule has 0 atom stereocenters. The smallest absolute Gasteiger partial charge is 0.0178 e. The summed E-state index contributed by atoms with van der Waals surface area (Å²) in [6, 6.07) is 23.0. The molecule has 1 fully saturated rings. The maximum Gasteiger partial charge on any atom is -0.0178 e. The molecule has 0 aromatic heterocycles. The van der Waals surface area contributed by atoms with E-state index in [0.29, 0.717) is 0 Å². The molecule has 29 heavy (non-hydrogen) atoms. The van der Waals surface area contributed by atoms with E-state index in [4.69, 9.17) is 0 Å². The van der Waals surface area contributed by atoms with Gasteiger partial charge in [0.25, 0.3) is 0 Å². The van der Waals surface area contributed by atoms with Gasteiger partial charge < -0.3 is 0 Å². The van der Waals surface area contributed by atoms with Crippen LogP contribution in [0.5, 0.6) is 0 Å². The zero-order chi connectivity index (χ0) is 20.1. The minimum Gasteiger partial charge on any atom is -0.0654 e. The lowest BCUT2D eigenvalue weighted by molar-refractivity contribution is 0.252. The molecule has 0 saturated heterocycles. The minimum absolute atomic E-state index is 0.955. The van der Waals surface area contributed by atoms with E-state index in [9.17, 15) is 0 Å². The van der Waals surface area contributed by atoms with E-state index in [0.717, 1.165) is 18.3 Å². The van der Waals surface area contributed by atoms with Gasteiger partial charge in [-0.1, -0.05) is 107 Å². The van der Waals surface area contributed by atoms with Crippen LogP contribution in [0.2, 0.25) is 0 Å². The number of hydrogen-bond acceptors (Lipinski definition) is 0. The van der Waals surface area contributed by atoms with Crippen molar-refractivity contribution in [3.05, 3.63) is 71.8 Å². The van der Waals surface area contributed by atoms with Crippen molar-refractivity contribution >= 4 is 10.8 Å². The summed E-state index contributed by atoms with van der Waals surface area (Å²) in [6.45, 7) is 4.55. The van der Waals surface area contributed by atoms with Gasteiger partial charge in [0.15, 0.2) is 0 Å². The van der Waals surface area contributed by atoms with Gasteiger partial charge in [-0.25, -0.2) is 0 Å². The predicted molar refractivity (Wildman–Crippen MR) is 127 cm³/mol. The molecule has 0 heterocycles. The van der Waals surface area contributed by atoms with Crippen LogP contribution in [0.4, 0.5) is 0 Å². The van der Waals surface area contributed by atoms with Crippen LogP contribution < -0.4 is 0 Å². The molecule has 0 heteroatoms. The second-order valence-corrected chi connectivity index (χ2v) is 9.16. The van der Waals surface area contributed by atoms with Crippen LogP contribution in [0, 0.1) is 11.8 Å². The van der Waals surface area contributed by atoms with Gasteiger partial charge in [0.05, 0.1) is 0 Å². The highest BCUT2D eigenvalue weighted by atomic mass is 14.3. The van der Waals surface area contributed by atoms with E-state index in [1.54, 1.807) is 0 Å². The molecule has 152 valence electrons. The molecule has 0 N–H and O–H groups in total. The normalized spacial score (nSPS) is 19.5. The number of fused-ring (bicyclic) bond motifs is 1. The van der Waals surface area contributed by atoms with Crippen molar-refractivity contribution in [1.29, 1.82) is 0 Å². The van der Waals surface area contributed by atoms with Gasteiger partial charge in [-0.15, -0.1) is 0 Å². The molecule has 0 radical (unpaired) electrons. The molecular weight excluding hydrogens is 348 g/mol. The number of benzene rings is 3. The summed E-state index contributed by atoms with van der Waals surface area (Å²) in [5.41, 5.74) is 5.56. The summed E-state index contributed by atoms with van der Waals surface area (Å²) in [5.74, 6) is 1.97. The molecule has 0 aliphatic heterocycles. The molecule has 0 spiro atoms. The molecule has 0 unspecified atom stereocenters.